The molecule has 4 aromatic rings. The fraction of sp³-hybridized carbons (Fsp3) is 0.394. The number of likely N-dealkylation sites (N-methyl/N-ethyl adjacent to an activating group) is 1. The molecular formula is C33H38FN7O3. The molecule has 230 valence electrons. The van der Waals surface area contributed by atoms with Gasteiger partial charge in [0.2, 0.25) is 5.91 Å². The summed E-state index contributed by atoms with van der Waals surface area (Å²) in [6.45, 7) is 5.51. The quantitative estimate of drug-likeness (QED) is 0.334. The molecule has 0 aliphatic carbocycles. The number of nitrogens with zero attached hydrogens (tertiary/aromatic N) is 5. The smallest absolute Gasteiger partial charge is 0.251 e. The van der Waals surface area contributed by atoms with Crippen molar-refractivity contribution in [2.75, 3.05) is 46.9 Å². The molecule has 2 aromatic carbocycles. The Morgan fingerprint density at radius 3 is 2.68 bits per heavy atom. The van der Waals surface area contributed by atoms with Crippen LogP contribution >= 0.6 is 0 Å². The molecule has 1 unspecified atom stereocenters. The fourth-order valence-corrected chi connectivity index (χ4v) is 6.28. The first-order chi connectivity index (χ1) is 21.3. The summed E-state index contributed by atoms with van der Waals surface area (Å²) in [6, 6.07) is 13.5. The van der Waals surface area contributed by atoms with Crippen LogP contribution in [0.2, 0.25) is 0 Å². The monoisotopic (exact) mass is 599 g/mol. The standard InChI is InChI=1S/C33H38FN7O3/c1-21-17-22(11-12-35-21)31-25-18-23(7-9-28(25)37-38-31)32(42)36-24-8-10-29(33(43)40-15-13-39(2)14-16-40)41(19-24)20-26-27(34)5-4-6-30(26)44-3/h4-7,9,11-12,17-18,24,29H,8,10,13-16,19-20H2,1-3H3,(H,36,42)(H,37,38)/t24?,29-/m0/s1. The van der Waals surface area contributed by atoms with Crippen molar-refractivity contribution < 1.29 is 18.7 Å². The van der Waals surface area contributed by atoms with Crippen molar-refractivity contribution >= 4 is 22.7 Å². The normalized spacial score (nSPS) is 19.7. The molecule has 2 amide bonds. The molecule has 44 heavy (non-hydrogen) atoms. The number of aryl methyl sites for hydroxylation is 1. The highest BCUT2D eigenvalue weighted by Crippen LogP contribution is 2.30. The zero-order valence-corrected chi connectivity index (χ0v) is 25.3. The third-order valence-corrected chi connectivity index (χ3v) is 8.77. The largest absolute Gasteiger partial charge is 0.496 e. The van der Waals surface area contributed by atoms with E-state index in [0.29, 0.717) is 49.4 Å². The minimum absolute atomic E-state index is 0.0578. The zero-order valence-electron chi connectivity index (χ0n) is 25.3. The van der Waals surface area contributed by atoms with Gasteiger partial charge in [-0.15, -0.1) is 0 Å². The van der Waals surface area contributed by atoms with Gasteiger partial charge in [-0.1, -0.05) is 6.07 Å². The minimum atomic E-state index is -0.412. The molecule has 10 nitrogen and oxygen atoms in total. The first-order valence-electron chi connectivity index (χ1n) is 15.1. The maximum absolute atomic E-state index is 15.0. The average molecular weight is 600 g/mol. The van der Waals surface area contributed by atoms with Crippen LogP contribution in [0.25, 0.3) is 22.2 Å². The number of hydrogen-bond acceptors (Lipinski definition) is 7. The Kier molecular flexibility index (Phi) is 8.58. The van der Waals surface area contributed by atoms with E-state index in [9.17, 15) is 9.59 Å². The molecule has 2 aromatic heterocycles. The van der Waals surface area contributed by atoms with E-state index in [0.717, 1.165) is 40.9 Å². The van der Waals surface area contributed by atoms with Gasteiger partial charge in [0.1, 0.15) is 17.3 Å². The molecule has 4 heterocycles. The van der Waals surface area contributed by atoms with Gasteiger partial charge in [0.15, 0.2) is 0 Å². The summed E-state index contributed by atoms with van der Waals surface area (Å²) in [5.74, 6) is -0.0878. The number of carbonyl (C=O) groups excluding carboxylic acids is 2. The third kappa shape index (κ3) is 6.15. The van der Waals surface area contributed by atoms with E-state index in [4.69, 9.17) is 4.74 Å². The summed E-state index contributed by atoms with van der Waals surface area (Å²) < 4.78 is 20.5. The predicted octanol–water partition coefficient (Wildman–Crippen LogP) is 3.62. The highest BCUT2D eigenvalue weighted by molar-refractivity contribution is 6.01. The summed E-state index contributed by atoms with van der Waals surface area (Å²) in [7, 11) is 3.57. The Labute approximate surface area is 256 Å². The number of fused-ring (bicyclic) bond motifs is 1. The van der Waals surface area contributed by atoms with E-state index in [2.05, 4.69) is 32.4 Å². The topological polar surface area (TPSA) is 107 Å². The number of ether oxygens (including phenoxy) is 1. The van der Waals surface area contributed by atoms with Gasteiger partial charge in [-0.3, -0.25) is 24.6 Å². The van der Waals surface area contributed by atoms with Crippen LogP contribution in [-0.2, 0) is 11.3 Å². The van der Waals surface area contributed by atoms with Crippen LogP contribution in [0, 0.1) is 12.7 Å². The lowest BCUT2D eigenvalue weighted by molar-refractivity contribution is -0.140. The molecule has 2 N–H and O–H groups in total. The predicted molar refractivity (Wildman–Crippen MR) is 166 cm³/mol. The molecule has 0 bridgehead atoms. The Hall–Kier alpha value is -4.35. The Morgan fingerprint density at radius 1 is 1.09 bits per heavy atom. The SMILES string of the molecule is COc1cccc(F)c1CN1CC(NC(=O)c2ccc3[nH]nc(-c4ccnc(C)c4)c3c2)CC[C@H]1C(=O)N1CCN(C)CC1. The van der Waals surface area contributed by atoms with E-state index in [1.165, 1.54) is 13.2 Å². The van der Waals surface area contributed by atoms with Crippen molar-refractivity contribution in [2.45, 2.75) is 38.4 Å². The number of benzene rings is 2. The number of H-pyrrole nitrogens is 1. The van der Waals surface area contributed by atoms with Crippen molar-refractivity contribution in [3.63, 3.8) is 0 Å². The number of nitrogens with one attached hydrogen (secondary N) is 2. The first kappa shape index (κ1) is 29.7. The number of amides is 2. The van der Waals surface area contributed by atoms with Gasteiger partial charge in [-0.2, -0.15) is 5.10 Å². The maximum Gasteiger partial charge on any atom is 0.251 e. The number of piperazine rings is 1. The van der Waals surface area contributed by atoms with E-state index in [1.54, 1.807) is 24.4 Å². The van der Waals surface area contributed by atoms with Gasteiger partial charge in [0.05, 0.1) is 18.7 Å². The van der Waals surface area contributed by atoms with Crippen LogP contribution in [-0.4, -0.2) is 101 Å². The van der Waals surface area contributed by atoms with Gasteiger partial charge in [0, 0.05) is 79.3 Å². The Morgan fingerprint density at radius 2 is 1.91 bits per heavy atom. The minimum Gasteiger partial charge on any atom is -0.496 e. The molecule has 0 saturated carbocycles. The lowest BCUT2D eigenvalue weighted by Crippen LogP contribution is -2.59. The number of aromatic amines is 1. The number of likely N-dealkylation sites (tertiary alicyclic amines) is 1. The highest BCUT2D eigenvalue weighted by atomic mass is 19.1. The van der Waals surface area contributed by atoms with Gasteiger partial charge in [-0.05, 0) is 69.3 Å². The second-order valence-corrected chi connectivity index (χ2v) is 11.8. The number of hydrogen-bond donors (Lipinski definition) is 2. The van der Waals surface area contributed by atoms with Gasteiger partial charge in [-0.25, -0.2) is 4.39 Å². The fourth-order valence-electron chi connectivity index (χ4n) is 6.28. The summed E-state index contributed by atoms with van der Waals surface area (Å²) in [6.07, 6.45) is 2.94. The Bertz CT molecular complexity index is 1670. The lowest BCUT2D eigenvalue weighted by atomic mass is 9.95. The van der Waals surface area contributed by atoms with Gasteiger partial charge < -0.3 is 19.9 Å². The van der Waals surface area contributed by atoms with Crippen molar-refractivity contribution in [2.24, 2.45) is 0 Å². The van der Waals surface area contributed by atoms with E-state index < -0.39 is 6.04 Å². The van der Waals surface area contributed by atoms with Crippen molar-refractivity contribution in [1.82, 2.24) is 35.2 Å². The summed E-state index contributed by atoms with van der Waals surface area (Å²) in [5, 5.41) is 11.6. The second kappa shape index (κ2) is 12.7. The van der Waals surface area contributed by atoms with Crippen molar-refractivity contribution in [3.8, 4) is 17.0 Å². The molecule has 0 spiro atoms. The van der Waals surface area contributed by atoms with E-state index in [1.807, 2.05) is 41.0 Å². The molecule has 0 radical (unpaired) electrons. The van der Waals surface area contributed by atoms with Crippen LogP contribution < -0.4 is 10.1 Å². The van der Waals surface area contributed by atoms with E-state index in [-0.39, 0.29) is 30.2 Å². The van der Waals surface area contributed by atoms with Crippen LogP contribution in [0.1, 0.15) is 34.5 Å². The number of pyridine rings is 1. The maximum atomic E-state index is 15.0. The highest BCUT2D eigenvalue weighted by Gasteiger charge is 2.37. The molecule has 2 saturated heterocycles. The average Bonchev–Trinajstić information content (AvgIpc) is 3.46. The van der Waals surface area contributed by atoms with Gasteiger partial charge >= 0.3 is 0 Å². The third-order valence-electron chi connectivity index (χ3n) is 8.77. The number of methoxy groups -OCH3 is 1. The molecular weight excluding hydrogens is 561 g/mol. The van der Waals surface area contributed by atoms with Crippen LogP contribution in [0.3, 0.4) is 0 Å². The summed E-state index contributed by atoms with van der Waals surface area (Å²) in [4.78, 5) is 37.7. The second-order valence-electron chi connectivity index (χ2n) is 11.8. The van der Waals surface area contributed by atoms with Gasteiger partial charge in [0.25, 0.3) is 5.91 Å². The summed E-state index contributed by atoms with van der Waals surface area (Å²) >= 11 is 0. The lowest BCUT2D eigenvalue weighted by Gasteiger charge is -2.42. The molecule has 2 aliphatic rings. The molecule has 2 atom stereocenters. The number of rotatable bonds is 7. The van der Waals surface area contributed by atoms with Crippen molar-refractivity contribution in [1.29, 1.82) is 0 Å². The van der Waals surface area contributed by atoms with Crippen LogP contribution in [0.5, 0.6) is 5.75 Å². The van der Waals surface area contributed by atoms with E-state index >= 15 is 4.39 Å². The number of carbonyl (C=O) groups is 2. The molecule has 2 fully saturated rings. The summed E-state index contributed by atoms with van der Waals surface area (Å²) in [5.41, 5.74) is 4.31. The number of piperidine rings is 1. The number of aromatic nitrogens is 3. The van der Waals surface area contributed by atoms with Crippen LogP contribution in [0.15, 0.2) is 54.7 Å². The molecule has 11 heteroatoms. The zero-order chi connectivity index (χ0) is 30.8. The Balaban J connectivity index is 1.22. The van der Waals surface area contributed by atoms with Crippen LogP contribution in [0.4, 0.5) is 4.39 Å². The molecule has 6 rings (SSSR count). The molecule has 2 aliphatic heterocycles. The van der Waals surface area contributed by atoms with Crippen molar-refractivity contribution in [3.05, 3.63) is 77.4 Å². The number of halogens is 1. The first-order valence-corrected chi connectivity index (χ1v) is 15.1.